The van der Waals surface area contributed by atoms with Gasteiger partial charge in [0.2, 0.25) is 0 Å². The lowest BCUT2D eigenvalue weighted by Crippen LogP contribution is -2.42. The van der Waals surface area contributed by atoms with Crippen LogP contribution in [0.3, 0.4) is 0 Å². The van der Waals surface area contributed by atoms with E-state index in [1.165, 1.54) is 0 Å². The van der Waals surface area contributed by atoms with Crippen LogP contribution in [0.15, 0.2) is 26.3 Å². The third-order valence-corrected chi connectivity index (χ3v) is 16.9. The molecule has 0 heterocycles. The van der Waals surface area contributed by atoms with Crippen LogP contribution in [-0.2, 0) is 61.7 Å². The standard InChI is InChI=1S/C30H62O15Si2.2C2H4.10CH4/c1-29(2,3)46(7,8)44-17-13-36-19-25(20-37-14-18-45-47(9,10)30(4,5)6)38-15-11-35-12-16-39-26(21-40-42-23-27(31)32)22-41-43-24-28(33)34;2*1-2;;;;;;;;;;/h25-26H,11-24H2,1-10H3,(H,31,32)(H,33,34);2*1-2H2;10*1H4. The molecule has 0 radical (unpaired) electrons. The van der Waals surface area contributed by atoms with Crippen molar-refractivity contribution in [2.75, 3.05) is 92.5 Å². The topological polar surface area (TPSA) is 176 Å². The van der Waals surface area contributed by atoms with Gasteiger partial charge in [0.15, 0.2) is 29.8 Å². The van der Waals surface area contributed by atoms with Gasteiger partial charge in [-0.25, -0.2) is 29.1 Å². The van der Waals surface area contributed by atoms with Gasteiger partial charge in [0.25, 0.3) is 0 Å². The molecule has 0 aromatic heterocycles. The van der Waals surface area contributed by atoms with Gasteiger partial charge in [0.1, 0.15) is 25.4 Å². The van der Waals surface area contributed by atoms with E-state index in [0.717, 1.165) is 0 Å². The van der Waals surface area contributed by atoms with Gasteiger partial charge in [0, 0.05) is 0 Å². The molecule has 0 bridgehead atoms. The fourth-order valence-corrected chi connectivity index (χ4v) is 5.00. The van der Waals surface area contributed by atoms with Crippen LogP contribution in [0.1, 0.15) is 116 Å². The number of rotatable bonds is 30. The van der Waals surface area contributed by atoms with Gasteiger partial charge in [-0.15, -0.1) is 26.3 Å². The molecule has 2 N–H and O–H groups in total. The van der Waals surface area contributed by atoms with Crippen molar-refractivity contribution < 1.29 is 71.9 Å². The Kier molecular flexibility index (Phi) is 84.2. The van der Waals surface area contributed by atoms with Crippen LogP contribution < -0.4 is 0 Å². The van der Waals surface area contributed by atoms with Crippen molar-refractivity contribution >= 4 is 28.6 Å². The number of carbonyl (C=O) groups is 2. The summed E-state index contributed by atoms with van der Waals surface area (Å²) in [6, 6.07) is 0. The molecule has 61 heavy (non-hydrogen) atoms. The Morgan fingerprint density at radius 2 is 0.705 bits per heavy atom. The fourth-order valence-electron chi connectivity index (χ4n) is 2.94. The summed E-state index contributed by atoms with van der Waals surface area (Å²) < 4.78 is 41.4. The van der Waals surface area contributed by atoms with Crippen LogP contribution in [0.4, 0.5) is 0 Å². The highest BCUT2D eigenvalue weighted by atomic mass is 28.4. The highest BCUT2D eigenvalue weighted by Crippen LogP contribution is 2.37. The number of aliphatic carboxylic acids is 2. The molecule has 0 aliphatic rings. The van der Waals surface area contributed by atoms with Gasteiger partial charge in [0.05, 0.1) is 66.1 Å². The lowest BCUT2D eigenvalue weighted by Gasteiger charge is -2.36. The largest absolute Gasteiger partial charge is 0.479 e. The van der Waals surface area contributed by atoms with Gasteiger partial charge in [-0.3, -0.25) is 0 Å². The van der Waals surface area contributed by atoms with E-state index in [4.69, 9.17) is 52.5 Å². The second-order valence-electron chi connectivity index (χ2n) is 13.8. The van der Waals surface area contributed by atoms with E-state index in [1.54, 1.807) is 0 Å². The maximum Gasteiger partial charge on any atom is 0.333 e. The molecule has 0 aliphatic heterocycles. The Morgan fingerprint density at radius 1 is 0.443 bits per heavy atom. The second-order valence-corrected chi connectivity index (χ2v) is 23.5. The quantitative estimate of drug-likeness (QED) is 0.0228. The van der Waals surface area contributed by atoms with Gasteiger partial charge >= 0.3 is 11.9 Å². The smallest absolute Gasteiger partial charge is 0.333 e. The lowest BCUT2D eigenvalue weighted by molar-refractivity contribution is -0.332. The maximum atomic E-state index is 10.6. The number of hydrogen-bond acceptors (Lipinski definition) is 13. The van der Waals surface area contributed by atoms with Crippen LogP contribution in [0, 0.1) is 0 Å². The highest BCUT2D eigenvalue weighted by Gasteiger charge is 2.37. The Labute approximate surface area is 382 Å². The van der Waals surface area contributed by atoms with Crippen molar-refractivity contribution in [3.8, 4) is 0 Å². The minimum absolute atomic E-state index is 0. The predicted molar refractivity (Wildman–Crippen MR) is 267 cm³/mol. The Morgan fingerprint density at radius 3 is 0.967 bits per heavy atom. The minimum Gasteiger partial charge on any atom is -0.479 e. The molecule has 0 amide bonds. The molecule has 0 unspecified atom stereocenters. The van der Waals surface area contributed by atoms with Crippen LogP contribution in [-0.4, -0.2) is 143 Å². The van der Waals surface area contributed by atoms with Crippen molar-refractivity contribution in [2.24, 2.45) is 0 Å². The van der Waals surface area contributed by atoms with E-state index in [-0.39, 0.29) is 123 Å². The summed E-state index contributed by atoms with van der Waals surface area (Å²) in [6.45, 7) is 35.9. The van der Waals surface area contributed by atoms with Crippen LogP contribution in [0.25, 0.3) is 0 Å². The van der Waals surface area contributed by atoms with Crippen LogP contribution in [0.5, 0.6) is 0 Å². The zero-order valence-electron chi connectivity index (χ0n) is 33.1. The minimum atomic E-state index is -1.85. The molecule has 384 valence electrons. The molecule has 0 saturated carbocycles. The van der Waals surface area contributed by atoms with Gasteiger partial charge in [-0.2, -0.15) is 0 Å². The third-order valence-electron chi connectivity index (χ3n) is 7.80. The average molecular weight is 936 g/mol. The maximum absolute atomic E-state index is 10.6. The summed E-state index contributed by atoms with van der Waals surface area (Å²) in [5.74, 6) is -2.41. The van der Waals surface area contributed by atoms with Crippen molar-refractivity contribution in [2.45, 2.75) is 164 Å². The number of carboxylic acid groups (broad SMARTS) is 2. The normalized spacial score (nSPS) is 10.3. The first-order valence-electron chi connectivity index (χ1n) is 16.9. The zero-order chi connectivity index (χ0) is 40.0. The Bertz CT molecular complexity index is 809. The number of carboxylic acids is 2. The monoisotopic (exact) mass is 935 g/mol. The van der Waals surface area contributed by atoms with Crippen molar-refractivity contribution in [1.82, 2.24) is 0 Å². The van der Waals surface area contributed by atoms with Gasteiger partial charge in [-0.05, 0) is 36.3 Å². The molecule has 17 heteroatoms. The van der Waals surface area contributed by atoms with Crippen molar-refractivity contribution in [3.05, 3.63) is 26.3 Å². The summed E-state index contributed by atoms with van der Waals surface area (Å²) in [4.78, 5) is 39.8. The van der Waals surface area contributed by atoms with E-state index in [9.17, 15) is 9.59 Å². The summed E-state index contributed by atoms with van der Waals surface area (Å²) >= 11 is 0. The molecular formula is C44H110O15Si2. The highest BCUT2D eigenvalue weighted by molar-refractivity contribution is 6.74. The molecule has 0 atom stereocenters. The van der Waals surface area contributed by atoms with Crippen molar-refractivity contribution in [1.29, 1.82) is 0 Å². The first-order chi connectivity index (χ1) is 23.8. The summed E-state index contributed by atoms with van der Waals surface area (Å²) in [5.41, 5.74) is 0. The Balaban J connectivity index is -0.000000145. The first kappa shape index (κ1) is 94.1. The van der Waals surface area contributed by atoms with Gasteiger partial charge < -0.3 is 42.7 Å². The van der Waals surface area contributed by atoms with E-state index in [0.29, 0.717) is 46.2 Å². The molecule has 0 saturated heterocycles. The average Bonchev–Trinajstić information content (AvgIpc) is 3.03. The van der Waals surface area contributed by atoms with E-state index in [1.807, 2.05) is 0 Å². The van der Waals surface area contributed by atoms with Crippen LogP contribution in [0.2, 0.25) is 36.3 Å². The summed E-state index contributed by atoms with van der Waals surface area (Å²) in [7, 11) is -3.71. The van der Waals surface area contributed by atoms with Crippen LogP contribution >= 0.6 is 0 Å². The number of hydrogen-bond donors (Lipinski definition) is 2. The first-order valence-corrected chi connectivity index (χ1v) is 22.8. The SMILES string of the molecule is C.C.C.C.C.C.C.C.C.C.C=C.C=C.CC(C)(C)[Si](C)(C)OCCOCC(COCCO[Si](C)(C)C(C)(C)C)OCCOCCOC(COOCC(=O)O)COOCC(=O)O. The summed E-state index contributed by atoms with van der Waals surface area (Å²) in [5, 5.41) is 17.5. The molecular weight excluding hydrogens is 825 g/mol. The van der Waals surface area contributed by atoms with E-state index < -0.39 is 47.9 Å². The predicted octanol–water partition coefficient (Wildman–Crippen LogP) is 11.9. The molecule has 0 aromatic carbocycles. The molecule has 0 rings (SSSR count). The molecule has 15 nitrogen and oxygen atoms in total. The summed E-state index contributed by atoms with van der Waals surface area (Å²) in [6.07, 6.45) is -1.05. The molecule has 0 aromatic rings. The fraction of sp³-hybridized carbons (Fsp3) is 0.864. The van der Waals surface area contributed by atoms with E-state index in [2.05, 4.69) is 104 Å². The number of ether oxygens (including phenoxy) is 5. The van der Waals surface area contributed by atoms with E-state index >= 15 is 0 Å². The molecule has 0 fully saturated rings. The van der Waals surface area contributed by atoms with Crippen molar-refractivity contribution in [3.63, 3.8) is 0 Å². The molecule has 0 spiro atoms. The molecule has 0 aliphatic carbocycles. The Hall–Kier alpha value is -1.59. The zero-order valence-corrected chi connectivity index (χ0v) is 35.1. The van der Waals surface area contributed by atoms with Gasteiger partial charge in [-0.1, -0.05) is 116 Å². The second kappa shape index (κ2) is 54.5. The lowest BCUT2D eigenvalue weighted by atomic mass is 10.2. The third kappa shape index (κ3) is 54.5.